The van der Waals surface area contributed by atoms with Crippen molar-refractivity contribution in [3.63, 3.8) is 0 Å². The van der Waals surface area contributed by atoms with Gasteiger partial charge in [-0.2, -0.15) is 0 Å². The summed E-state index contributed by atoms with van der Waals surface area (Å²) in [5.74, 6) is 0.0304. The SMILES string of the molecule is Cc1c(C(=O)N2CC[C@H](CO)C[C@@H]2C)cccc1S(N)(=O)=O. The van der Waals surface area contributed by atoms with Crippen molar-refractivity contribution in [1.82, 2.24) is 4.90 Å². The average molecular weight is 326 g/mol. The molecule has 22 heavy (non-hydrogen) atoms. The van der Waals surface area contributed by atoms with E-state index in [2.05, 4.69) is 0 Å². The van der Waals surface area contributed by atoms with Gasteiger partial charge in [-0.1, -0.05) is 6.07 Å². The van der Waals surface area contributed by atoms with Crippen LogP contribution in [0.25, 0.3) is 0 Å². The Balaban J connectivity index is 2.31. The number of aliphatic hydroxyl groups is 1. The molecular formula is C15H22N2O4S. The maximum Gasteiger partial charge on any atom is 0.254 e. The lowest BCUT2D eigenvalue weighted by Gasteiger charge is -2.37. The maximum absolute atomic E-state index is 12.7. The quantitative estimate of drug-likeness (QED) is 0.861. The zero-order chi connectivity index (χ0) is 16.5. The highest BCUT2D eigenvalue weighted by atomic mass is 32.2. The first-order valence-electron chi connectivity index (χ1n) is 7.30. The molecule has 1 amide bonds. The number of carbonyl (C=O) groups excluding carboxylic acids is 1. The summed E-state index contributed by atoms with van der Waals surface area (Å²) < 4.78 is 23.2. The molecule has 1 aromatic rings. The summed E-state index contributed by atoms with van der Waals surface area (Å²) in [4.78, 5) is 14.5. The van der Waals surface area contributed by atoms with Gasteiger partial charge in [-0.05, 0) is 50.3 Å². The Kier molecular flexibility index (Phi) is 4.89. The second-order valence-corrected chi connectivity index (χ2v) is 7.42. The number of nitrogens with zero attached hydrogens (tertiary/aromatic N) is 1. The third-order valence-corrected chi connectivity index (χ3v) is 5.38. The molecule has 1 aromatic carbocycles. The number of benzene rings is 1. The monoisotopic (exact) mass is 326 g/mol. The summed E-state index contributed by atoms with van der Waals surface area (Å²) in [6, 6.07) is 4.57. The predicted octanol–water partition coefficient (Wildman–Crippen LogP) is 0.875. The molecule has 7 heteroatoms. The third kappa shape index (κ3) is 3.31. The molecule has 0 aromatic heterocycles. The van der Waals surface area contributed by atoms with Gasteiger partial charge in [-0.25, -0.2) is 13.6 Å². The Hall–Kier alpha value is -1.44. The molecule has 1 aliphatic rings. The second kappa shape index (κ2) is 6.36. The Morgan fingerprint density at radius 3 is 2.68 bits per heavy atom. The minimum Gasteiger partial charge on any atom is -0.396 e. The second-order valence-electron chi connectivity index (χ2n) is 5.89. The lowest BCUT2D eigenvalue weighted by atomic mass is 9.91. The van der Waals surface area contributed by atoms with Crippen LogP contribution in [0.1, 0.15) is 35.7 Å². The maximum atomic E-state index is 12.7. The summed E-state index contributed by atoms with van der Waals surface area (Å²) >= 11 is 0. The fourth-order valence-electron chi connectivity index (χ4n) is 3.05. The summed E-state index contributed by atoms with van der Waals surface area (Å²) in [5, 5.41) is 14.4. The van der Waals surface area contributed by atoms with Crippen LogP contribution in [-0.4, -0.2) is 43.5 Å². The van der Waals surface area contributed by atoms with Crippen LogP contribution in [0, 0.1) is 12.8 Å². The number of hydrogen-bond acceptors (Lipinski definition) is 4. The van der Waals surface area contributed by atoms with E-state index in [0.29, 0.717) is 17.7 Å². The van der Waals surface area contributed by atoms with Crippen molar-refractivity contribution < 1.29 is 18.3 Å². The molecule has 0 spiro atoms. The van der Waals surface area contributed by atoms with Crippen LogP contribution in [-0.2, 0) is 10.0 Å². The standard InChI is InChI=1S/C15H22N2O4S/c1-10-8-12(9-18)6-7-17(10)15(19)13-4-3-5-14(11(13)2)22(16,20)21/h3-5,10,12,18H,6-9H2,1-2H3,(H2,16,20,21)/t10-,12-/m0/s1. The fourth-order valence-corrected chi connectivity index (χ4v) is 3.85. The van der Waals surface area contributed by atoms with Crippen LogP contribution in [0.2, 0.25) is 0 Å². The van der Waals surface area contributed by atoms with Crippen molar-refractivity contribution in [3.05, 3.63) is 29.3 Å². The van der Waals surface area contributed by atoms with Crippen LogP contribution in [0.3, 0.4) is 0 Å². The van der Waals surface area contributed by atoms with E-state index in [1.165, 1.54) is 12.1 Å². The highest BCUT2D eigenvalue weighted by Gasteiger charge is 2.30. The molecule has 1 fully saturated rings. The highest BCUT2D eigenvalue weighted by molar-refractivity contribution is 7.89. The lowest BCUT2D eigenvalue weighted by molar-refractivity contribution is 0.0514. The Morgan fingerprint density at radius 2 is 2.14 bits per heavy atom. The topological polar surface area (TPSA) is 101 Å². The van der Waals surface area contributed by atoms with Gasteiger partial charge >= 0.3 is 0 Å². The molecule has 0 unspecified atom stereocenters. The van der Waals surface area contributed by atoms with Gasteiger partial charge in [-0.3, -0.25) is 4.79 Å². The first-order valence-corrected chi connectivity index (χ1v) is 8.84. The number of sulfonamides is 1. The largest absolute Gasteiger partial charge is 0.396 e. The number of likely N-dealkylation sites (tertiary alicyclic amines) is 1. The number of piperidine rings is 1. The van der Waals surface area contributed by atoms with Crippen LogP contribution in [0.15, 0.2) is 23.1 Å². The number of amides is 1. The molecule has 3 N–H and O–H groups in total. The van der Waals surface area contributed by atoms with E-state index < -0.39 is 10.0 Å². The number of primary sulfonamides is 1. The molecule has 122 valence electrons. The van der Waals surface area contributed by atoms with Crippen molar-refractivity contribution in [3.8, 4) is 0 Å². The Morgan fingerprint density at radius 1 is 1.45 bits per heavy atom. The summed E-state index contributed by atoms with van der Waals surface area (Å²) in [5.41, 5.74) is 0.743. The van der Waals surface area contributed by atoms with Gasteiger partial charge in [0.15, 0.2) is 0 Å². The molecule has 1 aliphatic heterocycles. The van der Waals surface area contributed by atoms with Crippen molar-refractivity contribution in [2.75, 3.05) is 13.2 Å². The lowest BCUT2D eigenvalue weighted by Crippen LogP contribution is -2.45. The molecule has 0 bridgehead atoms. The number of carbonyl (C=O) groups is 1. The number of nitrogens with two attached hydrogens (primary N) is 1. The van der Waals surface area contributed by atoms with E-state index in [9.17, 15) is 18.3 Å². The van der Waals surface area contributed by atoms with E-state index in [1.54, 1.807) is 17.9 Å². The summed E-state index contributed by atoms with van der Waals surface area (Å²) in [7, 11) is -3.85. The minimum atomic E-state index is -3.85. The number of hydrogen-bond donors (Lipinski definition) is 2. The van der Waals surface area contributed by atoms with Crippen LogP contribution in [0.5, 0.6) is 0 Å². The van der Waals surface area contributed by atoms with Gasteiger partial charge in [-0.15, -0.1) is 0 Å². The zero-order valence-electron chi connectivity index (χ0n) is 12.8. The zero-order valence-corrected chi connectivity index (χ0v) is 13.6. The highest BCUT2D eigenvalue weighted by Crippen LogP contribution is 2.26. The van der Waals surface area contributed by atoms with Crippen molar-refractivity contribution in [2.45, 2.75) is 37.6 Å². The molecule has 0 aliphatic carbocycles. The van der Waals surface area contributed by atoms with Crippen molar-refractivity contribution >= 4 is 15.9 Å². The summed E-state index contributed by atoms with van der Waals surface area (Å²) in [6.45, 7) is 4.23. The molecule has 0 saturated carbocycles. The van der Waals surface area contributed by atoms with Gasteiger partial charge in [0.25, 0.3) is 5.91 Å². The van der Waals surface area contributed by atoms with Crippen LogP contribution < -0.4 is 5.14 Å². The summed E-state index contributed by atoms with van der Waals surface area (Å²) in [6.07, 6.45) is 1.50. The van der Waals surface area contributed by atoms with Crippen LogP contribution >= 0.6 is 0 Å². The predicted molar refractivity (Wildman–Crippen MR) is 82.9 cm³/mol. The molecule has 1 heterocycles. The molecule has 0 radical (unpaired) electrons. The van der Waals surface area contributed by atoms with E-state index in [4.69, 9.17) is 5.14 Å². The molecule has 1 saturated heterocycles. The van der Waals surface area contributed by atoms with Gasteiger partial charge in [0, 0.05) is 24.8 Å². The molecule has 2 rings (SSSR count). The Bertz CT molecular complexity index is 672. The first kappa shape index (κ1) is 16.9. The van der Waals surface area contributed by atoms with Crippen molar-refractivity contribution in [1.29, 1.82) is 0 Å². The smallest absolute Gasteiger partial charge is 0.254 e. The van der Waals surface area contributed by atoms with E-state index >= 15 is 0 Å². The average Bonchev–Trinajstić information content (AvgIpc) is 2.45. The van der Waals surface area contributed by atoms with Crippen LogP contribution in [0.4, 0.5) is 0 Å². The van der Waals surface area contributed by atoms with Gasteiger partial charge in [0.1, 0.15) is 0 Å². The number of rotatable bonds is 3. The first-order chi connectivity index (χ1) is 10.3. The fraction of sp³-hybridized carbons (Fsp3) is 0.533. The number of aliphatic hydroxyl groups excluding tert-OH is 1. The third-order valence-electron chi connectivity index (χ3n) is 4.32. The van der Waals surface area contributed by atoms with E-state index in [1.807, 2.05) is 6.92 Å². The molecule has 2 atom stereocenters. The normalized spacial score (nSPS) is 22.6. The van der Waals surface area contributed by atoms with Crippen molar-refractivity contribution in [2.24, 2.45) is 11.1 Å². The van der Waals surface area contributed by atoms with E-state index in [-0.39, 0.29) is 29.4 Å². The van der Waals surface area contributed by atoms with E-state index in [0.717, 1.165) is 12.8 Å². The van der Waals surface area contributed by atoms with Gasteiger partial charge in [0.05, 0.1) is 4.90 Å². The minimum absolute atomic E-state index is 0.0101. The van der Waals surface area contributed by atoms with Gasteiger partial charge in [0.2, 0.25) is 10.0 Å². The van der Waals surface area contributed by atoms with Gasteiger partial charge < -0.3 is 10.0 Å². The molecular weight excluding hydrogens is 304 g/mol. The molecule has 6 nitrogen and oxygen atoms in total. The Labute approximate surface area is 131 Å².